The first-order valence-electron chi connectivity index (χ1n) is 11.0. The molecule has 0 atom stereocenters. The van der Waals surface area contributed by atoms with Crippen molar-refractivity contribution in [2.45, 2.75) is 26.4 Å². The quantitative estimate of drug-likeness (QED) is 0.205. The van der Waals surface area contributed by atoms with E-state index in [4.69, 9.17) is 9.15 Å². The van der Waals surface area contributed by atoms with Gasteiger partial charge in [0, 0.05) is 18.0 Å². The van der Waals surface area contributed by atoms with Gasteiger partial charge in [0.15, 0.2) is 0 Å². The molecule has 0 bridgehead atoms. The van der Waals surface area contributed by atoms with E-state index in [2.05, 4.69) is 5.32 Å². The maximum absolute atomic E-state index is 13.5. The summed E-state index contributed by atoms with van der Waals surface area (Å²) in [6, 6.07) is 14.4. The number of benzene rings is 3. The van der Waals surface area contributed by atoms with Gasteiger partial charge in [0.2, 0.25) is 0 Å². The summed E-state index contributed by atoms with van der Waals surface area (Å²) in [5, 5.41) is 14.9. The number of fused-ring (bicyclic) bond motifs is 1. The molecule has 1 heterocycles. The van der Waals surface area contributed by atoms with Crippen LogP contribution in [-0.4, -0.2) is 29.4 Å². The van der Waals surface area contributed by atoms with Gasteiger partial charge >= 0.3 is 5.97 Å². The standard InChI is InChI=1S/C27H23FN2O6/c1-27(2,3)36-26(32)17-7-5-6-16(12-17)19-13-20-22(14-21(19)30(33)34)35-24(23(20)25(31)29-4)15-8-10-18(28)11-9-15/h5-14H,1-4H3,(H,29,31). The normalized spacial score (nSPS) is 11.4. The molecule has 0 unspecified atom stereocenters. The second-order valence-corrected chi connectivity index (χ2v) is 9.10. The Bertz CT molecular complexity index is 1500. The van der Waals surface area contributed by atoms with Crippen molar-refractivity contribution in [2.24, 2.45) is 0 Å². The molecule has 0 aliphatic heterocycles. The molecule has 0 aliphatic carbocycles. The van der Waals surface area contributed by atoms with Crippen LogP contribution >= 0.6 is 0 Å². The predicted molar refractivity (Wildman–Crippen MR) is 132 cm³/mol. The summed E-state index contributed by atoms with van der Waals surface area (Å²) in [4.78, 5) is 36.9. The van der Waals surface area contributed by atoms with E-state index in [1.165, 1.54) is 49.5 Å². The Morgan fingerprint density at radius 1 is 1.03 bits per heavy atom. The first kappa shape index (κ1) is 24.6. The number of nitrogens with zero attached hydrogens (tertiary/aromatic N) is 1. The van der Waals surface area contributed by atoms with Gasteiger partial charge in [-0.3, -0.25) is 14.9 Å². The molecule has 3 aromatic carbocycles. The fraction of sp³-hybridized carbons (Fsp3) is 0.185. The molecule has 184 valence electrons. The van der Waals surface area contributed by atoms with Crippen molar-refractivity contribution in [1.82, 2.24) is 5.32 Å². The average molecular weight is 490 g/mol. The van der Waals surface area contributed by atoms with Gasteiger partial charge in [0.25, 0.3) is 11.6 Å². The fourth-order valence-electron chi connectivity index (χ4n) is 3.82. The number of nitro benzene ring substituents is 1. The molecule has 0 saturated heterocycles. The molecule has 1 N–H and O–H groups in total. The average Bonchev–Trinajstić information content (AvgIpc) is 3.20. The molecule has 0 fully saturated rings. The number of carbonyl (C=O) groups is 2. The second-order valence-electron chi connectivity index (χ2n) is 9.10. The number of nitrogens with one attached hydrogen (secondary N) is 1. The lowest BCUT2D eigenvalue weighted by Gasteiger charge is -2.19. The third-order valence-electron chi connectivity index (χ3n) is 5.37. The van der Waals surface area contributed by atoms with Gasteiger partial charge in [-0.2, -0.15) is 0 Å². The van der Waals surface area contributed by atoms with E-state index < -0.39 is 28.2 Å². The fourth-order valence-corrected chi connectivity index (χ4v) is 3.82. The Balaban J connectivity index is 1.95. The van der Waals surface area contributed by atoms with E-state index in [0.717, 1.165) is 0 Å². The van der Waals surface area contributed by atoms with Crippen LogP contribution in [0.1, 0.15) is 41.5 Å². The van der Waals surface area contributed by atoms with Crippen molar-refractivity contribution in [2.75, 3.05) is 7.05 Å². The largest absolute Gasteiger partial charge is 0.456 e. The maximum Gasteiger partial charge on any atom is 0.338 e. The lowest BCUT2D eigenvalue weighted by atomic mass is 9.97. The number of hydrogen-bond acceptors (Lipinski definition) is 6. The molecular weight excluding hydrogens is 467 g/mol. The highest BCUT2D eigenvalue weighted by molar-refractivity contribution is 6.12. The minimum absolute atomic E-state index is 0.117. The van der Waals surface area contributed by atoms with Crippen LogP contribution in [0.4, 0.5) is 10.1 Å². The first-order chi connectivity index (χ1) is 17.0. The second kappa shape index (κ2) is 9.26. The first-order valence-corrected chi connectivity index (χ1v) is 11.0. The molecule has 4 rings (SSSR count). The summed E-state index contributed by atoms with van der Waals surface area (Å²) in [6.07, 6.45) is 0. The van der Waals surface area contributed by atoms with E-state index >= 15 is 0 Å². The van der Waals surface area contributed by atoms with Crippen molar-refractivity contribution in [3.05, 3.63) is 87.7 Å². The van der Waals surface area contributed by atoms with E-state index in [1.54, 1.807) is 39.0 Å². The third kappa shape index (κ3) is 4.81. The Morgan fingerprint density at radius 3 is 2.33 bits per heavy atom. The van der Waals surface area contributed by atoms with Crippen molar-refractivity contribution in [1.29, 1.82) is 0 Å². The van der Waals surface area contributed by atoms with E-state index in [9.17, 15) is 24.1 Å². The number of hydrogen-bond donors (Lipinski definition) is 1. The van der Waals surface area contributed by atoms with Crippen molar-refractivity contribution in [3.63, 3.8) is 0 Å². The smallest absolute Gasteiger partial charge is 0.338 e. The van der Waals surface area contributed by atoms with Crippen LogP contribution in [0.3, 0.4) is 0 Å². The molecule has 4 aromatic rings. The monoisotopic (exact) mass is 490 g/mol. The zero-order valence-electron chi connectivity index (χ0n) is 20.0. The van der Waals surface area contributed by atoms with Crippen molar-refractivity contribution < 1.29 is 28.1 Å². The summed E-state index contributed by atoms with van der Waals surface area (Å²) >= 11 is 0. The highest BCUT2D eigenvalue weighted by atomic mass is 19.1. The lowest BCUT2D eigenvalue weighted by molar-refractivity contribution is -0.384. The molecule has 0 radical (unpaired) electrons. The molecule has 36 heavy (non-hydrogen) atoms. The van der Waals surface area contributed by atoms with Crippen molar-refractivity contribution >= 4 is 28.5 Å². The molecular formula is C27H23FN2O6. The number of rotatable bonds is 5. The zero-order valence-corrected chi connectivity index (χ0v) is 20.0. The van der Waals surface area contributed by atoms with Crippen LogP contribution in [0.15, 0.2) is 65.1 Å². The van der Waals surface area contributed by atoms with Gasteiger partial charge in [0.1, 0.15) is 22.8 Å². The summed E-state index contributed by atoms with van der Waals surface area (Å²) < 4.78 is 24.8. The number of nitro groups is 1. The van der Waals surface area contributed by atoms with Crippen molar-refractivity contribution in [3.8, 4) is 22.5 Å². The number of esters is 1. The summed E-state index contributed by atoms with van der Waals surface area (Å²) in [6.45, 7) is 5.22. The maximum atomic E-state index is 13.5. The number of carbonyl (C=O) groups excluding carboxylic acids is 2. The molecule has 9 heteroatoms. The van der Waals surface area contributed by atoms with Gasteiger partial charge < -0.3 is 14.5 Å². The number of amides is 1. The van der Waals surface area contributed by atoms with E-state index in [-0.39, 0.29) is 33.7 Å². The Labute approximate surface area is 205 Å². The summed E-state index contributed by atoms with van der Waals surface area (Å²) in [5.41, 5.74) is 0.518. The van der Waals surface area contributed by atoms with E-state index in [0.29, 0.717) is 16.5 Å². The van der Waals surface area contributed by atoms with Crippen LogP contribution in [0.25, 0.3) is 33.4 Å². The number of halogens is 1. The van der Waals surface area contributed by atoms with Gasteiger partial charge in [0.05, 0.1) is 27.7 Å². The Hall–Kier alpha value is -4.53. The van der Waals surface area contributed by atoms with Crippen LogP contribution in [0.2, 0.25) is 0 Å². The van der Waals surface area contributed by atoms with Gasteiger partial charge in [-0.15, -0.1) is 0 Å². The summed E-state index contributed by atoms with van der Waals surface area (Å²) in [7, 11) is 1.45. The van der Waals surface area contributed by atoms with Crippen LogP contribution in [0.5, 0.6) is 0 Å². The van der Waals surface area contributed by atoms with Crippen LogP contribution < -0.4 is 5.32 Å². The highest BCUT2D eigenvalue weighted by Gasteiger charge is 2.27. The predicted octanol–water partition coefficient (Wildman–Crippen LogP) is 6.13. The number of ether oxygens (including phenoxy) is 1. The van der Waals surface area contributed by atoms with Crippen LogP contribution in [0, 0.1) is 15.9 Å². The Morgan fingerprint density at radius 2 is 1.72 bits per heavy atom. The highest BCUT2D eigenvalue weighted by Crippen LogP contribution is 2.40. The molecule has 0 aliphatic rings. The molecule has 8 nitrogen and oxygen atoms in total. The minimum atomic E-state index is -0.714. The molecule has 1 amide bonds. The Kier molecular flexibility index (Phi) is 6.32. The number of furan rings is 1. The minimum Gasteiger partial charge on any atom is -0.456 e. The van der Waals surface area contributed by atoms with Crippen LogP contribution in [-0.2, 0) is 4.74 Å². The van der Waals surface area contributed by atoms with Gasteiger partial charge in [-0.25, -0.2) is 9.18 Å². The third-order valence-corrected chi connectivity index (χ3v) is 5.37. The zero-order chi connectivity index (χ0) is 26.2. The molecule has 0 saturated carbocycles. The lowest BCUT2D eigenvalue weighted by Crippen LogP contribution is -2.23. The molecule has 1 aromatic heterocycles. The van der Waals surface area contributed by atoms with Gasteiger partial charge in [-0.1, -0.05) is 12.1 Å². The summed E-state index contributed by atoms with van der Waals surface area (Å²) in [5.74, 6) is -1.35. The van der Waals surface area contributed by atoms with Gasteiger partial charge in [-0.05, 0) is 68.8 Å². The van der Waals surface area contributed by atoms with E-state index in [1.807, 2.05) is 0 Å². The molecule has 0 spiro atoms. The topological polar surface area (TPSA) is 112 Å². The SMILES string of the molecule is CNC(=O)c1c(-c2ccc(F)cc2)oc2cc([N+](=O)[O-])c(-c3cccc(C(=O)OC(C)(C)C)c3)cc12.